The quantitative estimate of drug-likeness (QED) is 0.629. The third kappa shape index (κ3) is 3.80. The number of hydrogen-bond donors (Lipinski definition) is 3. The van der Waals surface area contributed by atoms with E-state index in [-0.39, 0.29) is 17.6 Å². The number of aromatic nitrogens is 2. The molecule has 0 saturated heterocycles. The molecule has 0 unspecified atom stereocenters. The molecular weight excluding hydrogens is 254 g/mol. The van der Waals surface area contributed by atoms with Crippen LogP contribution in [-0.2, 0) is 10.0 Å². The number of anilines is 2. The molecule has 7 nitrogen and oxygen atoms in total. The van der Waals surface area contributed by atoms with Gasteiger partial charge in [0, 0.05) is 6.54 Å². The lowest BCUT2D eigenvalue weighted by Crippen LogP contribution is -2.26. The molecule has 1 rings (SSSR count). The highest BCUT2D eigenvalue weighted by Crippen LogP contribution is 2.15. The molecule has 1 aromatic rings. The number of halogens is 1. The lowest BCUT2D eigenvalue weighted by atomic mass is 10.5. The van der Waals surface area contributed by atoms with Crippen molar-refractivity contribution >= 4 is 33.1 Å². The molecule has 1 aromatic heterocycles. The van der Waals surface area contributed by atoms with Crippen molar-refractivity contribution in [1.29, 1.82) is 0 Å². The summed E-state index contributed by atoms with van der Waals surface area (Å²) in [5.74, 6) is 0.246. The van der Waals surface area contributed by atoms with Gasteiger partial charge in [-0.25, -0.2) is 18.1 Å². The van der Waals surface area contributed by atoms with E-state index in [9.17, 15) is 8.42 Å². The van der Waals surface area contributed by atoms with Gasteiger partial charge in [0.2, 0.25) is 15.3 Å². The summed E-state index contributed by atoms with van der Waals surface area (Å²) >= 11 is 5.56. The third-order valence-electron chi connectivity index (χ3n) is 1.76. The van der Waals surface area contributed by atoms with Gasteiger partial charge < -0.3 is 11.1 Å². The van der Waals surface area contributed by atoms with Gasteiger partial charge >= 0.3 is 0 Å². The second kappa shape index (κ2) is 5.28. The molecule has 0 bridgehead atoms. The highest BCUT2D eigenvalue weighted by Gasteiger charge is 2.07. The molecule has 9 heteroatoms. The number of sulfonamides is 1. The highest BCUT2D eigenvalue weighted by molar-refractivity contribution is 7.89. The van der Waals surface area contributed by atoms with Crippen LogP contribution in [0.25, 0.3) is 0 Å². The molecule has 0 spiro atoms. The summed E-state index contributed by atoms with van der Waals surface area (Å²) < 4.78 is 24.4. The van der Waals surface area contributed by atoms with Crippen LogP contribution in [0.2, 0.25) is 5.28 Å². The zero-order chi connectivity index (χ0) is 12.2. The fourth-order valence-corrected chi connectivity index (χ4v) is 1.63. The first-order chi connectivity index (χ1) is 7.44. The third-order valence-corrected chi connectivity index (χ3v) is 3.31. The van der Waals surface area contributed by atoms with Gasteiger partial charge in [0.05, 0.1) is 17.6 Å². The van der Waals surface area contributed by atoms with Crippen molar-refractivity contribution in [2.24, 2.45) is 0 Å². The fraction of sp³-hybridized carbons (Fsp3) is 0.429. The minimum Gasteiger partial charge on any atom is -0.394 e. The normalized spacial score (nSPS) is 11.4. The van der Waals surface area contributed by atoms with Crippen molar-refractivity contribution in [3.05, 3.63) is 11.5 Å². The Morgan fingerprint density at radius 3 is 2.88 bits per heavy atom. The summed E-state index contributed by atoms with van der Waals surface area (Å²) in [5, 5.41) is 2.81. The summed E-state index contributed by atoms with van der Waals surface area (Å²) in [6.07, 6.45) is 1.35. The molecule has 1 heterocycles. The number of nitrogens with one attached hydrogen (secondary N) is 2. The van der Waals surface area contributed by atoms with Gasteiger partial charge in [0.1, 0.15) is 0 Å². The molecule has 0 amide bonds. The maximum Gasteiger partial charge on any atom is 0.224 e. The smallest absolute Gasteiger partial charge is 0.224 e. The number of nitrogen functional groups attached to an aromatic ring is 1. The summed E-state index contributed by atoms with van der Waals surface area (Å²) in [7, 11) is -1.89. The van der Waals surface area contributed by atoms with Gasteiger partial charge in [0.15, 0.2) is 5.82 Å². The fourth-order valence-electron chi connectivity index (χ4n) is 0.917. The lowest BCUT2D eigenvalue weighted by molar-refractivity contribution is 0.588. The number of rotatable bonds is 5. The van der Waals surface area contributed by atoms with Crippen molar-refractivity contribution in [2.45, 2.75) is 0 Å². The highest BCUT2D eigenvalue weighted by atomic mass is 35.5. The monoisotopic (exact) mass is 265 g/mol. The predicted molar refractivity (Wildman–Crippen MR) is 62.8 cm³/mol. The van der Waals surface area contributed by atoms with Crippen LogP contribution in [0.5, 0.6) is 0 Å². The summed E-state index contributed by atoms with van der Waals surface area (Å²) in [6.45, 7) is 0.181. The number of nitrogens with zero attached hydrogens (tertiary/aromatic N) is 2. The van der Waals surface area contributed by atoms with E-state index in [0.717, 1.165) is 0 Å². The Hall–Kier alpha value is -1.12. The maximum absolute atomic E-state index is 11.1. The van der Waals surface area contributed by atoms with Crippen LogP contribution < -0.4 is 15.8 Å². The first kappa shape index (κ1) is 12.9. The minimum absolute atomic E-state index is 0.0492. The molecule has 0 radical (unpaired) electrons. The Morgan fingerprint density at radius 2 is 2.25 bits per heavy atom. The Kier molecular flexibility index (Phi) is 4.27. The lowest BCUT2D eigenvalue weighted by Gasteiger charge is -2.07. The van der Waals surface area contributed by atoms with Crippen LogP contribution in [0.1, 0.15) is 0 Å². The van der Waals surface area contributed by atoms with Gasteiger partial charge in [-0.1, -0.05) is 0 Å². The average Bonchev–Trinajstić information content (AvgIpc) is 2.23. The van der Waals surface area contributed by atoms with Crippen LogP contribution in [0.3, 0.4) is 0 Å². The second-order valence-corrected chi connectivity index (χ2v) is 5.28. The van der Waals surface area contributed by atoms with E-state index >= 15 is 0 Å². The molecule has 0 saturated carbocycles. The summed E-state index contributed by atoms with van der Waals surface area (Å²) in [4.78, 5) is 7.49. The van der Waals surface area contributed by atoms with Crippen molar-refractivity contribution < 1.29 is 8.42 Å². The molecule has 0 aromatic carbocycles. The molecule has 90 valence electrons. The zero-order valence-corrected chi connectivity index (χ0v) is 10.1. The second-order valence-electron chi connectivity index (χ2n) is 2.89. The zero-order valence-electron chi connectivity index (χ0n) is 8.57. The van der Waals surface area contributed by atoms with Crippen LogP contribution in [0.4, 0.5) is 11.5 Å². The molecule has 0 atom stereocenters. The van der Waals surface area contributed by atoms with Gasteiger partial charge in [-0.2, -0.15) is 4.98 Å². The first-order valence-electron chi connectivity index (χ1n) is 4.38. The van der Waals surface area contributed by atoms with E-state index in [2.05, 4.69) is 20.0 Å². The SMILES string of the molecule is CNS(=O)(=O)CCNc1nc(Cl)ncc1N. The Bertz CT molecular complexity index is 464. The van der Waals surface area contributed by atoms with Crippen molar-refractivity contribution in [3.8, 4) is 0 Å². The van der Waals surface area contributed by atoms with E-state index in [4.69, 9.17) is 17.3 Å². The van der Waals surface area contributed by atoms with Gasteiger partial charge in [0.25, 0.3) is 0 Å². The Labute approximate surface area is 98.5 Å². The van der Waals surface area contributed by atoms with Crippen LogP contribution in [0, 0.1) is 0 Å². The van der Waals surface area contributed by atoms with Crippen LogP contribution in [-0.4, -0.2) is 37.7 Å². The van der Waals surface area contributed by atoms with Crippen molar-refractivity contribution in [2.75, 3.05) is 30.4 Å². The van der Waals surface area contributed by atoms with Crippen LogP contribution in [0.15, 0.2) is 6.20 Å². The number of nitrogens with two attached hydrogens (primary N) is 1. The van der Waals surface area contributed by atoms with Crippen LogP contribution >= 0.6 is 11.6 Å². The first-order valence-corrected chi connectivity index (χ1v) is 6.41. The molecule has 0 aliphatic rings. The Morgan fingerprint density at radius 1 is 1.56 bits per heavy atom. The van der Waals surface area contributed by atoms with Crippen molar-refractivity contribution in [1.82, 2.24) is 14.7 Å². The molecule has 16 heavy (non-hydrogen) atoms. The average molecular weight is 266 g/mol. The van der Waals surface area contributed by atoms with Gasteiger partial charge in [-0.15, -0.1) is 0 Å². The van der Waals surface area contributed by atoms with Gasteiger partial charge in [-0.3, -0.25) is 0 Å². The Balaban J connectivity index is 2.59. The predicted octanol–water partition coefficient (Wildman–Crippen LogP) is -0.327. The molecule has 0 aliphatic heterocycles. The van der Waals surface area contributed by atoms with E-state index < -0.39 is 10.0 Å². The molecule has 4 N–H and O–H groups in total. The summed E-state index contributed by atoms with van der Waals surface area (Å²) in [5.41, 5.74) is 5.87. The topological polar surface area (TPSA) is 110 Å². The van der Waals surface area contributed by atoms with E-state index in [1.807, 2.05) is 0 Å². The standard InChI is InChI=1S/C7H12ClN5O2S/c1-10-16(14,15)3-2-11-6-5(9)4-12-7(8)13-6/h4,10H,2-3,9H2,1H3,(H,11,12,13). The van der Waals surface area contributed by atoms with E-state index in [0.29, 0.717) is 11.5 Å². The maximum atomic E-state index is 11.1. The molecule has 0 fully saturated rings. The number of hydrogen-bond acceptors (Lipinski definition) is 6. The molecular formula is C7H12ClN5O2S. The van der Waals surface area contributed by atoms with Gasteiger partial charge in [-0.05, 0) is 18.6 Å². The minimum atomic E-state index is -3.24. The van der Waals surface area contributed by atoms with E-state index in [1.165, 1.54) is 13.2 Å². The van der Waals surface area contributed by atoms with E-state index in [1.54, 1.807) is 0 Å². The molecule has 0 aliphatic carbocycles. The summed E-state index contributed by atoms with van der Waals surface area (Å²) in [6, 6.07) is 0. The van der Waals surface area contributed by atoms with Crippen molar-refractivity contribution in [3.63, 3.8) is 0 Å². The largest absolute Gasteiger partial charge is 0.394 e.